The topological polar surface area (TPSA) is 20.3 Å². The van der Waals surface area contributed by atoms with E-state index >= 15 is 0 Å². The van der Waals surface area contributed by atoms with Crippen LogP contribution in [-0.2, 0) is 0 Å². The van der Waals surface area contributed by atoms with Crippen LogP contribution in [-0.4, -0.2) is 30.3 Å². The maximum atomic E-state index is 12.5. The van der Waals surface area contributed by atoms with Crippen LogP contribution in [0.25, 0.3) is 5.57 Å². The summed E-state index contributed by atoms with van der Waals surface area (Å²) in [6, 6.07) is 20.2. The molecule has 1 unspecified atom stereocenters. The first-order valence-corrected chi connectivity index (χ1v) is 8.30. The normalized spacial score (nSPS) is 16.7. The largest absolute Gasteiger partial charge is 0.299 e. The van der Waals surface area contributed by atoms with Crippen LogP contribution in [0.1, 0.15) is 29.3 Å². The Balaban J connectivity index is 1.58. The summed E-state index contributed by atoms with van der Waals surface area (Å²) in [6.45, 7) is 4.81. The zero-order valence-corrected chi connectivity index (χ0v) is 13.6. The van der Waals surface area contributed by atoms with Crippen molar-refractivity contribution in [1.82, 2.24) is 4.90 Å². The van der Waals surface area contributed by atoms with Crippen molar-refractivity contribution >= 4 is 11.4 Å². The van der Waals surface area contributed by atoms with E-state index in [-0.39, 0.29) is 11.7 Å². The van der Waals surface area contributed by atoms with Crippen molar-refractivity contribution in [3.63, 3.8) is 0 Å². The van der Waals surface area contributed by atoms with Crippen LogP contribution in [0.3, 0.4) is 0 Å². The molecule has 2 heteroatoms. The van der Waals surface area contributed by atoms with Crippen molar-refractivity contribution < 1.29 is 4.79 Å². The Morgan fingerprint density at radius 3 is 2.30 bits per heavy atom. The summed E-state index contributed by atoms with van der Waals surface area (Å²) >= 11 is 0. The first kappa shape index (κ1) is 15.7. The average Bonchev–Trinajstić information content (AvgIpc) is 2.63. The molecule has 0 amide bonds. The molecule has 118 valence electrons. The van der Waals surface area contributed by atoms with Gasteiger partial charge in [0.2, 0.25) is 0 Å². The number of Topliss-reactive ketones (excluding diaryl/α,β-unsaturated/α-hetero) is 1. The van der Waals surface area contributed by atoms with E-state index < -0.39 is 0 Å². The molecule has 0 bridgehead atoms. The molecular formula is C21H23NO. The summed E-state index contributed by atoms with van der Waals surface area (Å²) in [4.78, 5) is 14.8. The number of benzene rings is 2. The van der Waals surface area contributed by atoms with Gasteiger partial charge in [0.1, 0.15) is 0 Å². The molecule has 1 aliphatic rings. The zero-order valence-electron chi connectivity index (χ0n) is 13.6. The molecule has 2 aromatic rings. The third kappa shape index (κ3) is 3.96. The van der Waals surface area contributed by atoms with Gasteiger partial charge in [0.05, 0.1) is 0 Å². The highest BCUT2D eigenvalue weighted by Gasteiger charge is 2.20. The number of hydrogen-bond acceptors (Lipinski definition) is 2. The fourth-order valence-corrected chi connectivity index (χ4v) is 3.15. The van der Waals surface area contributed by atoms with Gasteiger partial charge in [-0.05, 0) is 17.6 Å². The molecule has 0 fully saturated rings. The quantitative estimate of drug-likeness (QED) is 0.768. The fourth-order valence-electron chi connectivity index (χ4n) is 3.15. The van der Waals surface area contributed by atoms with Gasteiger partial charge in [-0.2, -0.15) is 0 Å². The standard InChI is InChI=1S/C21H23NO/c1-17(21(23)20-10-6-3-7-11-20)16-22-14-12-19(13-15-22)18-8-4-2-5-9-18/h2-12,17H,13-16H2,1H3. The van der Waals surface area contributed by atoms with Crippen molar-refractivity contribution in [1.29, 1.82) is 0 Å². The van der Waals surface area contributed by atoms with Crippen LogP contribution < -0.4 is 0 Å². The highest BCUT2D eigenvalue weighted by molar-refractivity contribution is 5.97. The van der Waals surface area contributed by atoms with Gasteiger partial charge in [0.25, 0.3) is 0 Å². The first-order valence-electron chi connectivity index (χ1n) is 8.30. The molecule has 0 spiro atoms. The summed E-state index contributed by atoms with van der Waals surface area (Å²) in [6.07, 6.45) is 3.36. The van der Waals surface area contributed by atoms with E-state index in [1.165, 1.54) is 11.1 Å². The predicted octanol–water partition coefficient (Wildman–Crippen LogP) is 4.29. The first-order chi connectivity index (χ1) is 11.2. The molecule has 23 heavy (non-hydrogen) atoms. The second-order valence-electron chi connectivity index (χ2n) is 6.24. The van der Waals surface area contributed by atoms with Crippen molar-refractivity contribution in [2.75, 3.05) is 19.6 Å². The SMILES string of the molecule is CC(CN1CC=C(c2ccccc2)CC1)C(=O)c1ccccc1. The van der Waals surface area contributed by atoms with Crippen LogP contribution in [0.5, 0.6) is 0 Å². The minimum atomic E-state index is 0.0316. The molecule has 1 aliphatic heterocycles. The molecule has 3 rings (SSSR count). The lowest BCUT2D eigenvalue weighted by Gasteiger charge is -2.28. The van der Waals surface area contributed by atoms with Gasteiger partial charge in [-0.15, -0.1) is 0 Å². The van der Waals surface area contributed by atoms with Gasteiger partial charge in [-0.1, -0.05) is 73.7 Å². The molecular weight excluding hydrogens is 282 g/mol. The summed E-state index contributed by atoms with van der Waals surface area (Å²) in [5.41, 5.74) is 3.56. The molecule has 0 aliphatic carbocycles. The van der Waals surface area contributed by atoms with E-state index in [2.05, 4.69) is 41.3 Å². The highest BCUT2D eigenvalue weighted by atomic mass is 16.1. The monoisotopic (exact) mass is 305 g/mol. The van der Waals surface area contributed by atoms with Gasteiger partial charge >= 0.3 is 0 Å². The van der Waals surface area contributed by atoms with E-state index in [1.807, 2.05) is 37.3 Å². The highest BCUT2D eigenvalue weighted by Crippen LogP contribution is 2.22. The second kappa shape index (κ2) is 7.38. The lowest BCUT2D eigenvalue weighted by atomic mass is 9.96. The summed E-state index contributed by atoms with van der Waals surface area (Å²) in [5.74, 6) is 0.271. The van der Waals surface area contributed by atoms with E-state index in [1.54, 1.807) is 0 Å². The summed E-state index contributed by atoms with van der Waals surface area (Å²) in [5, 5.41) is 0. The van der Waals surface area contributed by atoms with Crippen LogP contribution >= 0.6 is 0 Å². The Hall–Kier alpha value is -2.19. The smallest absolute Gasteiger partial charge is 0.166 e. The average molecular weight is 305 g/mol. The minimum absolute atomic E-state index is 0.0316. The summed E-state index contributed by atoms with van der Waals surface area (Å²) < 4.78 is 0. The van der Waals surface area contributed by atoms with Gasteiger partial charge in [0, 0.05) is 31.1 Å². The van der Waals surface area contributed by atoms with Gasteiger partial charge in [-0.25, -0.2) is 0 Å². The zero-order chi connectivity index (χ0) is 16.1. The molecule has 2 aromatic carbocycles. The lowest BCUT2D eigenvalue weighted by Crippen LogP contribution is -2.35. The van der Waals surface area contributed by atoms with E-state index in [9.17, 15) is 4.79 Å². The van der Waals surface area contributed by atoms with Crippen molar-refractivity contribution in [2.24, 2.45) is 5.92 Å². The van der Waals surface area contributed by atoms with Crippen LogP contribution in [0.2, 0.25) is 0 Å². The Morgan fingerprint density at radius 1 is 1.04 bits per heavy atom. The minimum Gasteiger partial charge on any atom is -0.299 e. The maximum Gasteiger partial charge on any atom is 0.166 e. The van der Waals surface area contributed by atoms with E-state index in [4.69, 9.17) is 0 Å². The number of ketones is 1. The second-order valence-corrected chi connectivity index (χ2v) is 6.24. The molecule has 0 radical (unpaired) electrons. The van der Waals surface area contributed by atoms with E-state index in [0.717, 1.165) is 31.6 Å². The molecule has 0 saturated carbocycles. The molecule has 0 aromatic heterocycles. The van der Waals surface area contributed by atoms with Crippen molar-refractivity contribution in [3.8, 4) is 0 Å². The molecule has 0 N–H and O–H groups in total. The third-order valence-electron chi connectivity index (χ3n) is 4.48. The van der Waals surface area contributed by atoms with Crippen molar-refractivity contribution in [3.05, 3.63) is 77.9 Å². The van der Waals surface area contributed by atoms with Crippen LogP contribution in [0.15, 0.2) is 66.7 Å². The number of rotatable bonds is 5. The number of hydrogen-bond donors (Lipinski definition) is 0. The summed E-state index contributed by atoms with van der Waals surface area (Å²) in [7, 11) is 0. The van der Waals surface area contributed by atoms with Gasteiger partial charge < -0.3 is 0 Å². The van der Waals surface area contributed by atoms with Gasteiger partial charge in [-0.3, -0.25) is 9.69 Å². The molecule has 1 heterocycles. The van der Waals surface area contributed by atoms with Crippen LogP contribution in [0.4, 0.5) is 0 Å². The molecule has 0 saturated heterocycles. The maximum absolute atomic E-state index is 12.5. The Labute approximate surface area is 138 Å². The third-order valence-corrected chi connectivity index (χ3v) is 4.48. The Bertz CT molecular complexity index is 676. The lowest BCUT2D eigenvalue weighted by molar-refractivity contribution is 0.0898. The van der Waals surface area contributed by atoms with E-state index in [0.29, 0.717) is 0 Å². The predicted molar refractivity (Wildman–Crippen MR) is 95.4 cm³/mol. The molecule has 1 atom stereocenters. The Morgan fingerprint density at radius 2 is 1.70 bits per heavy atom. The molecule has 2 nitrogen and oxygen atoms in total. The number of nitrogens with zero attached hydrogens (tertiary/aromatic N) is 1. The number of carbonyl (C=O) groups excluding carboxylic acids is 1. The van der Waals surface area contributed by atoms with Crippen LogP contribution in [0, 0.1) is 5.92 Å². The fraction of sp³-hybridized carbons (Fsp3) is 0.286. The number of carbonyl (C=O) groups is 1. The van der Waals surface area contributed by atoms with Gasteiger partial charge in [0.15, 0.2) is 5.78 Å². The van der Waals surface area contributed by atoms with Crippen molar-refractivity contribution in [2.45, 2.75) is 13.3 Å². The Kier molecular flexibility index (Phi) is 5.04.